The van der Waals surface area contributed by atoms with Crippen LogP contribution in [-0.4, -0.2) is 39.5 Å². The van der Waals surface area contributed by atoms with E-state index in [-0.39, 0.29) is 0 Å². The van der Waals surface area contributed by atoms with Crippen molar-refractivity contribution < 1.29 is 8.42 Å². The summed E-state index contributed by atoms with van der Waals surface area (Å²) in [6.45, 7) is 0. The Balaban J connectivity index is 1.73. The fraction of sp³-hybridized carbons (Fsp3) is 0.0588. The van der Waals surface area contributed by atoms with Crippen molar-refractivity contribution in [3.05, 3.63) is 60.8 Å². The van der Waals surface area contributed by atoms with E-state index in [9.17, 15) is 8.42 Å². The van der Waals surface area contributed by atoms with Gasteiger partial charge in [0.25, 0.3) is 0 Å². The van der Waals surface area contributed by atoms with Crippen molar-refractivity contribution in [3.63, 3.8) is 0 Å². The molecular weight excluding hydrogens is 352 g/mol. The number of hydrogen-bond donors (Lipinski definition) is 1. The molecule has 1 N–H and O–H groups in total. The van der Waals surface area contributed by atoms with Gasteiger partial charge in [0.15, 0.2) is 5.65 Å². The van der Waals surface area contributed by atoms with E-state index >= 15 is 0 Å². The van der Waals surface area contributed by atoms with Crippen LogP contribution in [0.3, 0.4) is 0 Å². The molecule has 3 heterocycles. The number of aromatic nitrogens is 5. The molecule has 0 aliphatic rings. The Labute approximate surface area is 149 Å². The Kier molecular flexibility index (Phi) is 3.85. The SMILES string of the molecule is CS(=O)(=O)Nc1ccc(-c2ccc3nnc(-c4ccccn4)n3n2)cc1. The summed E-state index contributed by atoms with van der Waals surface area (Å²) < 4.78 is 26.7. The first kappa shape index (κ1) is 16.2. The van der Waals surface area contributed by atoms with Crippen molar-refractivity contribution in [2.45, 2.75) is 0 Å². The van der Waals surface area contributed by atoms with Crippen LogP contribution >= 0.6 is 0 Å². The number of anilines is 1. The molecule has 0 amide bonds. The molecule has 0 fully saturated rings. The number of nitrogens with one attached hydrogen (secondary N) is 1. The van der Waals surface area contributed by atoms with Crippen LogP contribution in [0.1, 0.15) is 0 Å². The van der Waals surface area contributed by atoms with Crippen molar-refractivity contribution in [2.75, 3.05) is 11.0 Å². The van der Waals surface area contributed by atoms with Gasteiger partial charge in [0, 0.05) is 17.4 Å². The fourth-order valence-corrected chi connectivity index (χ4v) is 3.08. The summed E-state index contributed by atoms with van der Waals surface area (Å²) in [5.74, 6) is 0.554. The molecule has 0 aliphatic carbocycles. The molecule has 4 aromatic rings. The highest BCUT2D eigenvalue weighted by Gasteiger charge is 2.11. The summed E-state index contributed by atoms with van der Waals surface area (Å²) in [5.41, 5.74) is 3.34. The third kappa shape index (κ3) is 3.24. The van der Waals surface area contributed by atoms with Crippen molar-refractivity contribution in [2.24, 2.45) is 0 Å². The van der Waals surface area contributed by atoms with Gasteiger partial charge >= 0.3 is 0 Å². The molecule has 0 radical (unpaired) electrons. The highest BCUT2D eigenvalue weighted by molar-refractivity contribution is 7.92. The van der Waals surface area contributed by atoms with Gasteiger partial charge in [-0.25, -0.2) is 8.42 Å². The molecule has 4 rings (SSSR count). The minimum absolute atomic E-state index is 0.496. The molecule has 0 aliphatic heterocycles. The summed E-state index contributed by atoms with van der Waals surface area (Å²) >= 11 is 0. The Hall–Kier alpha value is -3.33. The Morgan fingerprint density at radius 3 is 2.42 bits per heavy atom. The normalized spacial score (nSPS) is 11.6. The van der Waals surface area contributed by atoms with E-state index in [2.05, 4.69) is 25.0 Å². The summed E-state index contributed by atoms with van der Waals surface area (Å²) in [5, 5.41) is 12.9. The molecular formula is C17H14N6O2S. The lowest BCUT2D eigenvalue weighted by molar-refractivity contribution is 0.607. The first-order chi connectivity index (χ1) is 12.5. The maximum atomic E-state index is 11.3. The zero-order valence-electron chi connectivity index (χ0n) is 13.7. The second-order valence-electron chi connectivity index (χ2n) is 5.68. The van der Waals surface area contributed by atoms with Crippen LogP contribution in [0.25, 0.3) is 28.4 Å². The Bertz CT molecular complexity index is 1170. The molecule has 130 valence electrons. The molecule has 0 unspecified atom stereocenters. The summed E-state index contributed by atoms with van der Waals surface area (Å²) in [6.07, 6.45) is 2.80. The summed E-state index contributed by atoms with van der Waals surface area (Å²) in [7, 11) is -3.31. The molecule has 8 nitrogen and oxygen atoms in total. The first-order valence-corrected chi connectivity index (χ1v) is 9.61. The monoisotopic (exact) mass is 366 g/mol. The zero-order chi connectivity index (χ0) is 18.1. The minimum atomic E-state index is -3.31. The van der Waals surface area contributed by atoms with Gasteiger partial charge < -0.3 is 0 Å². The number of nitrogens with zero attached hydrogens (tertiary/aromatic N) is 5. The van der Waals surface area contributed by atoms with Gasteiger partial charge in [-0.3, -0.25) is 9.71 Å². The smallest absolute Gasteiger partial charge is 0.229 e. The molecule has 0 spiro atoms. The minimum Gasteiger partial charge on any atom is -0.284 e. The maximum Gasteiger partial charge on any atom is 0.229 e. The van der Waals surface area contributed by atoms with Crippen LogP contribution in [0.15, 0.2) is 60.8 Å². The fourth-order valence-electron chi connectivity index (χ4n) is 2.52. The van der Waals surface area contributed by atoms with Gasteiger partial charge in [0.1, 0.15) is 5.69 Å². The quantitative estimate of drug-likeness (QED) is 0.594. The Morgan fingerprint density at radius 2 is 1.73 bits per heavy atom. The van der Waals surface area contributed by atoms with E-state index in [0.29, 0.717) is 28.5 Å². The van der Waals surface area contributed by atoms with Gasteiger partial charge in [0.05, 0.1) is 11.9 Å². The average Bonchev–Trinajstić information content (AvgIpc) is 3.05. The number of fused-ring (bicyclic) bond motifs is 1. The number of rotatable bonds is 4. The molecule has 1 aromatic carbocycles. The van der Waals surface area contributed by atoms with Crippen LogP contribution in [0, 0.1) is 0 Å². The van der Waals surface area contributed by atoms with E-state index in [1.807, 2.05) is 30.3 Å². The van der Waals surface area contributed by atoms with Crippen molar-refractivity contribution in [1.82, 2.24) is 24.8 Å². The van der Waals surface area contributed by atoms with Crippen LogP contribution in [0.4, 0.5) is 5.69 Å². The molecule has 3 aromatic heterocycles. The van der Waals surface area contributed by atoms with Gasteiger partial charge in [-0.05, 0) is 36.4 Å². The van der Waals surface area contributed by atoms with E-state index in [0.717, 1.165) is 11.8 Å². The van der Waals surface area contributed by atoms with Crippen LogP contribution in [0.5, 0.6) is 0 Å². The van der Waals surface area contributed by atoms with Crippen LogP contribution < -0.4 is 4.72 Å². The predicted molar refractivity (Wildman–Crippen MR) is 97.9 cm³/mol. The lowest BCUT2D eigenvalue weighted by Crippen LogP contribution is -2.09. The van der Waals surface area contributed by atoms with E-state index in [4.69, 9.17) is 0 Å². The van der Waals surface area contributed by atoms with Gasteiger partial charge in [-0.2, -0.15) is 9.61 Å². The van der Waals surface area contributed by atoms with Crippen LogP contribution in [0.2, 0.25) is 0 Å². The number of hydrogen-bond acceptors (Lipinski definition) is 6. The molecule has 0 saturated carbocycles. The highest BCUT2D eigenvalue weighted by atomic mass is 32.2. The topological polar surface area (TPSA) is 102 Å². The van der Waals surface area contributed by atoms with Crippen molar-refractivity contribution in [1.29, 1.82) is 0 Å². The van der Waals surface area contributed by atoms with Gasteiger partial charge in [0.2, 0.25) is 15.8 Å². The molecule has 26 heavy (non-hydrogen) atoms. The maximum absolute atomic E-state index is 11.3. The Morgan fingerprint density at radius 1 is 0.923 bits per heavy atom. The molecule has 0 atom stereocenters. The average molecular weight is 366 g/mol. The summed E-state index contributed by atoms with van der Waals surface area (Å²) in [4.78, 5) is 4.29. The number of sulfonamides is 1. The largest absolute Gasteiger partial charge is 0.284 e. The second-order valence-corrected chi connectivity index (χ2v) is 7.43. The number of pyridine rings is 1. The van der Waals surface area contributed by atoms with Crippen molar-refractivity contribution >= 4 is 21.4 Å². The number of benzene rings is 1. The first-order valence-electron chi connectivity index (χ1n) is 7.72. The zero-order valence-corrected chi connectivity index (χ0v) is 14.6. The standard InChI is InChI=1S/C17H14N6O2S/c1-26(24,25)22-13-7-5-12(6-8-13)14-9-10-16-19-20-17(23(16)21-14)15-4-2-3-11-18-15/h2-11,22H,1H3. The summed E-state index contributed by atoms with van der Waals surface area (Å²) in [6, 6.07) is 16.2. The third-order valence-corrected chi connectivity index (χ3v) is 4.25. The van der Waals surface area contributed by atoms with E-state index < -0.39 is 10.0 Å². The molecule has 9 heteroatoms. The van der Waals surface area contributed by atoms with E-state index in [1.54, 1.807) is 35.0 Å². The third-order valence-electron chi connectivity index (χ3n) is 3.64. The van der Waals surface area contributed by atoms with Crippen LogP contribution in [-0.2, 0) is 10.0 Å². The van der Waals surface area contributed by atoms with E-state index in [1.165, 1.54) is 0 Å². The predicted octanol–water partition coefficient (Wildman–Crippen LogP) is 2.22. The van der Waals surface area contributed by atoms with Crippen molar-refractivity contribution in [3.8, 4) is 22.8 Å². The highest BCUT2D eigenvalue weighted by Crippen LogP contribution is 2.22. The lowest BCUT2D eigenvalue weighted by atomic mass is 10.1. The lowest BCUT2D eigenvalue weighted by Gasteiger charge is -2.06. The second kappa shape index (κ2) is 6.19. The van der Waals surface area contributed by atoms with Gasteiger partial charge in [-0.1, -0.05) is 18.2 Å². The van der Waals surface area contributed by atoms with Gasteiger partial charge in [-0.15, -0.1) is 10.2 Å². The molecule has 0 bridgehead atoms. The molecule has 0 saturated heterocycles.